The molecule has 96 valence electrons. The molecule has 0 unspecified atom stereocenters. The van der Waals surface area contributed by atoms with Crippen molar-refractivity contribution in [3.63, 3.8) is 0 Å². The number of halogens is 1. The highest BCUT2D eigenvalue weighted by Gasteiger charge is 2.10. The molecule has 0 heterocycles. The fraction of sp³-hybridized carbons (Fsp3) is 0.455. The third-order valence-corrected chi connectivity index (χ3v) is 4.60. The van der Waals surface area contributed by atoms with E-state index in [-0.39, 0.29) is 18.1 Å². The van der Waals surface area contributed by atoms with Crippen LogP contribution in [0.1, 0.15) is 13.3 Å². The molecule has 4 nitrogen and oxygen atoms in total. The highest BCUT2D eigenvalue weighted by Crippen LogP contribution is 2.26. The molecule has 0 fully saturated rings. The second-order valence-corrected chi connectivity index (χ2v) is 6.85. The summed E-state index contributed by atoms with van der Waals surface area (Å²) in [5.74, 6) is 0.799. The largest absolute Gasteiger partial charge is 0.491 e. The first-order valence-corrected chi connectivity index (χ1v) is 7.94. The van der Waals surface area contributed by atoms with Crippen LogP contribution in [-0.4, -0.2) is 26.5 Å². The van der Waals surface area contributed by atoms with Gasteiger partial charge in [-0.1, -0.05) is 6.92 Å². The molecule has 0 radical (unpaired) electrons. The smallest absolute Gasteiger partial charge is 0.153 e. The number of ether oxygens (including phenoxy) is 1. The summed E-state index contributed by atoms with van der Waals surface area (Å²) in [6.45, 7) is 1.98. The van der Waals surface area contributed by atoms with Gasteiger partial charge in [-0.3, -0.25) is 0 Å². The van der Waals surface area contributed by atoms with Gasteiger partial charge in [0.2, 0.25) is 0 Å². The number of benzene rings is 1. The molecule has 6 heteroatoms. The zero-order valence-electron chi connectivity index (χ0n) is 9.65. The van der Waals surface area contributed by atoms with Gasteiger partial charge in [0.05, 0.1) is 16.0 Å². The zero-order chi connectivity index (χ0) is 12.9. The minimum Gasteiger partial charge on any atom is -0.491 e. The van der Waals surface area contributed by atoms with Crippen LogP contribution in [0.3, 0.4) is 0 Å². The van der Waals surface area contributed by atoms with Crippen LogP contribution in [0, 0.1) is 0 Å². The van der Waals surface area contributed by atoms with Gasteiger partial charge in [0, 0.05) is 11.8 Å². The predicted molar refractivity (Wildman–Crippen MR) is 73.0 cm³/mol. The van der Waals surface area contributed by atoms with Crippen LogP contribution in [0.25, 0.3) is 0 Å². The molecular formula is C11H16BrNO3S. The van der Waals surface area contributed by atoms with Gasteiger partial charge in [0.25, 0.3) is 0 Å². The maximum Gasteiger partial charge on any atom is 0.153 e. The van der Waals surface area contributed by atoms with Crippen molar-refractivity contribution in [1.82, 2.24) is 0 Å². The molecule has 1 rings (SSSR count). The third kappa shape index (κ3) is 4.95. The molecule has 0 saturated carbocycles. The summed E-state index contributed by atoms with van der Waals surface area (Å²) in [6.07, 6.45) is 0.629. The number of rotatable bonds is 6. The van der Waals surface area contributed by atoms with Crippen LogP contribution in [-0.2, 0) is 9.84 Å². The highest BCUT2D eigenvalue weighted by molar-refractivity contribution is 9.10. The molecule has 0 saturated heterocycles. The third-order valence-electron chi connectivity index (χ3n) is 2.12. The molecule has 0 bridgehead atoms. The minimum absolute atomic E-state index is 0.0298. The van der Waals surface area contributed by atoms with Crippen molar-refractivity contribution in [3.8, 4) is 5.75 Å². The summed E-state index contributed by atoms with van der Waals surface area (Å²) < 4.78 is 29.1. The van der Waals surface area contributed by atoms with E-state index in [1.165, 1.54) is 0 Å². The van der Waals surface area contributed by atoms with Crippen molar-refractivity contribution in [3.05, 3.63) is 22.7 Å². The van der Waals surface area contributed by atoms with Gasteiger partial charge in [-0.05, 0) is 34.5 Å². The van der Waals surface area contributed by atoms with Crippen molar-refractivity contribution >= 4 is 31.5 Å². The number of hydrogen-bond acceptors (Lipinski definition) is 4. The van der Waals surface area contributed by atoms with Crippen LogP contribution in [0.15, 0.2) is 22.7 Å². The summed E-state index contributed by atoms with van der Waals surface area (Å²) in [5.41, 5.74) is 6.20. The average molecular weight is 322 g/mol. The second-order valence-electron chi connectivity index (χ2n) is 3.69. The Hall–Kier alpha value is -0.750. The lowest BCUT2D eigenvalue weighted by atomic mass is 10.3. The van der Waals surface area contributed by atoms with E-state index in [4.69, 9.17) is 10.5 Å². The Balaban J connectivity index is 2.54. The number of nitrogen functional groups attached to an aromatic ring is 1. The summed E-state index contributed by atoms with van der Waals surface area (Å²) in [4.78, 5) is 0. The summed E-state index contributed by atoms with van der Waals surface area (Å²) in [7, 11) is -3.00. The molecule has 0 atom stereocenters. The first-order chi connectivity index (χ1) is 7.94. The molecule has 1 aromatic rings. The van der Waals surface area contributed by atoms with Crippen LogP contribution in [0.2, 0.25) is 0 Å². The quantitative estimate of drug-likeness (QED) is 0.816. The van der Waals surface area contributed by atoms with E-state index >= 15 is 0 Å². The maximum absolute atomic E-state index is 11.5. The maximum atomic E-state index is 11.5. The van der Waals surface area contributed by atoms with E-state index in [0.29, 0.717) is 17.9 Å². The van der Waals surface area contributed by atoms with Gasteiger partial charge in [-0.25, -0.2) is 8.42 Å². The molecule has 2 N–H and O–H groups in total. The molecule has 0 amide bonds. The Kier molecular flexibility index (Phi) is 5.27. The summed E-state index contributed by atoms with van der Waals surface area (Å²) in [6, 6.07) is 5.17. The highest BCUT2D eigenvalue weighted by atomic mass is 79.9. The Morgan fingerprint density at radius 1 is 1.35 bits per heavy atom. The Labute approximate surface area is 110 Å². The van der Waals surface area contributed by atoms with Gasteiger partial charge < -0.3 is 10.5 Å². The summed E-state index contributed by atoms with van der Waals surface area (Å²) >= 11 is 3.31. The number of sulfone groups is 1. The molecule has 0 spiro atoms. The first-order valence-electron chi connectivity index (χ1n) is 5.33. The zero-order valence-corrected chi connectivity index (χ0v) is 12.1. The molecular weight excluding hydrogens is 306 g/mol. The predicted octanol–water partition coefficient (Wildman–Crippen LogP) is 2.23. The van der Waals surface area contributed by atoms with Crippen LogP contribution in [0.4, 0.5) is 5.69 Å². The van der Waals surface area contributed by atoms with Crippen molar-refractivity contribution in [2.45, 2.75) is 13.3 Å². The van der Waals surface area contributed by atoms with Crippen molar-refractivity contribution in [1.29, 1.82) is 0 Å². The number of anilines is 1. The lowest BCUT2D eigenvalue weighted by Gasteiger charge is -2.09. The average Bonchev–Trinajstić information content (AvgIpc) is 2.23. The van der Waals surface area contributed by atoms with Crippen molar-refractivity contribution in [2.24, 2.45) is 0 Å². The molecule has 0 aromatic heterocycles. The Bertz CT molecular complexity index is 474. The van der Waals surface area contributed by atoms with Gasteiger partial charge in [-0.15, -0.1) is 0 Å². The normalized spacial score (nSPS) is 11.4. The molecule has 0 aliphatic heterocycles. The van der Waals surface area contributed by atoms with Crippen molar-refractivity contribution < 1.29 is 13.2 Å². The van der Waals surface area contributed by atoms with Crippen LogP contribution < -0.4 is 10.5 Å². The molecule has 0 aliphatic rings. The fourth-order valence-electron chi connectivity index (χ4n) is 1.32. The van der Waals surface area contributed by atoms with E-state index in [2.05, 4.69) is 15.9 Å². The van der Waals surface area contributed by atoms with Crippen molar-refractivity contribution in [2.75, 3.05) is 23.8 Å². The second kappa shape index (κ2) is 6.26. The fourth-order valence-corrected chi connectivity index (χ4v) is 2.85. The van der Waals surface area contributed by atoms with Gasteiger partial charge in [0.1, 0.15) is 12.4 Å². The summed E-state index contributed by atoms with van der Waals surface area (Å²) in [5, 5.41) is 0. The Morgan fingerprint density at radius 3 is 2.71 bits per heavy atom. The molecule has 0 aliphatic carbocycles. The van der Waals surface area contributed by atoms with E-state index in [0.717, 1.165) is 4.47 Å². The van der Waals surface area contributed by atoms with Gasteiger partial charge in [-0.2, -0.15) is 0 Å². The van der Waals surface area contributed by atoms with E-state index < -0.39 is 9.84 Å². The molecule has 1 aromatic carbocycles. The lowest BCUT2D eigenvalue weighted by molar-refractivity contribution is 0.339. The topological polar surface area (TPSA) is 69.4 Å². The number of hydrogen-bond donors (Lipinski definition) is 1. The first kappa shape index (κ1) is 14.3. The van der Waals surface area contributed by atoms with E-state index in [9.17, 15) is 8.42 Å². The SMILES string of the molecule is CCCS(=O)(=O)CCOc1cc(N)ccc1Br. The Morgan fingerprint density at radius 2 is 2.06 bits per heavy atom. The van der Waals surface area contributed by atoms with Crippen LogP contribution in [0.5, 0.6) is 5.75 Å². The molecule has 17 heavy (non-hydrogen) atoms. The number of nitrogens with two attached hydrogens (primary N) is 1. The monoisotopic (exact) mass is 321 g/mol. The van der Waals surface area contributed by atoms with E-state index in [1.807, 2.05) is 6.92 Å². The lowest BCUT2D eigenvalue weighted by Crippen LogP contribution is -2.16. The standard InChI is InChI=1S/C11H16BrNO3S/c1-2-6-17(14,15)7-5-16-11-8-9(13)3-4-10(11)12/h3-4,8H,2,5-7,13H2,1H3. The van der Waals surface area contributed by atoms with Gasteiger partial charge >= 0.3 is 0 Å². The van der Waals surface area contributed by atoms with Gasteiger partial charge in [0.15, 0.2) is 9.84 Å². The van der Waals surface area contributed by atoms with E-state index in [1.54, 1.807) is 18.2 Å². The van der Waals surface area contributed by atoms with Crippen LogP contribution >= 0.6 is 15.9 Å². The minimum atomic E-state index is -3.00.